The Bertz CT molecular complexity index is 506. The highest BCUT2D eigenvalue weighted by Gasteiger charge is 2.46. The highest BCUT2D eigenvalue weighted by Crippen LogP contribution is 2.26. The molecular formula is C16H21NSi2. The second kappa shape index (κ2) is 4.74. The van der Waals surface area contributed by atoms with Crippen LogP contribution >= 0.6 is 0 Å². The molecule has 2 unspecified atom stereocenters. The minimum absolute atomic E-state index is 1.37. The highest BCUT2D eigenvalue weighted by atomic mass is 28.4. The standard InChI is InChI=1S/C16H21NSi2/c1-18(15-9-5-3-6-10-15)13-14-19(2,17-18)16-11-7-4-8-12-16/h3-12,17H,13-14H2,1-2H3. The summed E-state index contributed by atoms with van der Waals surface area (Å²) in [4.78, 5) is 0. The average molecular weight is 284 g/mol. The molecule has 1 aliphatic heterocycles. The third-order valence-corrected chi connectivity index (χ3v) is 15.1. The Balaban J connectivity index is 1.92. The van der Waals surface area contributed by atoms with Gasteiger partial charge in [-0.3, -0.25) is 0 Å². The zero-order valence-electron chi connectivity index (χ0n) is 11.7. The molecule has 19 heavy (non-hydrogen) atoms. The molecule has 2 aromatic carbocycles. The van der Waals surface area contributed by atoms with E-state index in [-0.39, 0.29) is 0 Å². The monoisotopic (exact) mass is 283 g/mol. The molecule has 1 aliphatic rings. The normalized spacial score (nSPS) is 30.4. The van der Waals surface area contributed by atoms with Crippen molar-refractivity contribution in [1.29, 1.82) is 0 Å². The van der Waals surface area contributed by atoms with E-state index in [9.17, 15) is 0 Å². The quantitative estimate of drug-likeness (QED) is 0.835. The van der Waals surface area contributed by atoms with Crippen molar-refractivity contribution in [3.05, 3.63) is 60.7 Å². The van der Waals surface area contributed by atoms with Crippen molar-refractivity contribution in [2.75, 3.05) is 0 Å². The Hall–Kier alpha value is -1.17. The molecule has 98 valence electrons. The van der Waals surface area contributed by atoms with Gasteiger partial charge in [-0.15, -0.1) is 0 Å². The minimum atomic E-state index is -1.47. The second-order valence-corrected chi connectivity index (χ2v) is 14.5. The van der Waals surface area contributed by atoms with Crippen LogP contribution in [-0.2, 0) is 0 Å². The molecule has 0 amide bonds. The van der Waals surface area contributed by atoms with Crippen LogP contribution in [0.3, 0.4) is 0 Å². The largest absolute Gasteiger partial charge is 0.352 e. The summed E-state index contributed by atoms with van der Waals surface area (Å²) in [5.74, 6) is 0. The fourth-order valence-corrected chi connectivity index (χ4v) is 16.7. The lowest BCUT2D eigenvalue weighted by Gasteiger charge is -2.29. The van der Waals surface area contributed by atoms with Crippen LogP contribution in [-0.4, -0.2) is 16.5 Å². The fourth-order valence-electron chi connectivity index (χ4n) is 3.28. The van der Waals surface area contributed by atoms with Gasteiger partial charge in [-0.25, -0.2) is 0 Å². The van der Waals surface area contributed by atoms with Gasteiger partial charge in [0.05, 0.1) is 0 Å². The number of benzene rings is 2. The van der Waals surface area contributed by atoms with E-state index in [1.54, 1.807) is 10.4 Å². The van der Waals surface area contributed by atoms with Crippen molar-refractivity contribution in [1.82, 2.24) is 4.65 Å². The molecule has 3 rings (SSSR count). The lowest BCUT2D eigenvalue weighted by Crippen LogP contribution is -2.65. The summed E-state index contributed by atoms with van der Waals surface area (Å²) in [6.07, 6.45) is 0. The summed E-state index contributed by atoms with van der Waals surface area (Å²) in [7, 11) is -2.94. The van der Waals surface area contributed by atoms with Crippen LogP contribution < -0.4 is 15.0 Å². The van der Waals surface area contributed by atoms with E-state index in [4.69, 9.17) is 0 Å². The average Bonchev–Trinajstić information content (AvgIpc) is 2.80. The number of hydrogen-bond donors (Lipinski definition) is 1. The Labute approximate surface area is 117 Å². The molecule has 2 atom stereocenters. The van der Waals surface area contributed by atoms with E-state index in [1.165, 1.54) is 12.1 Å². The maximum absolute atomic E-state index is 4.15. The molecule has 1 nitrogen and oxygen atoms in total. The lowest BCUT2D eigenvalue weighted by atomic mass is 10.4. The van der Waals surface area contributed by atoms with Crippen LogP contribution in [0.25, 0.3) is 0 Å². The first kappa shape index (κ1) is 12.8. The fraction of sp³-hybridized carbons (Fsp3) is 0.250. The van der Waals surface area contributed by atoms with Gasteiger partial charge in [0.15, 0.2) is 0 Å². The van der Waals surface area contributed by atoms with Gasteiger partial charge >= 0.3 is 0 Å². The first-order valence-corrected chi connectivity index (χ1v) is 12.4. The van der Waals surface area contributed by atoms with Crippen molar-refractivity contribution < 1.29 is 0 Å². The van der Waals surface area contributed by atoms with E-state index in [0.717, 1.165) is 0 Å². The van der Waals surface area contributed by atoms with Crippen molar-refractivity contribution in [2.24, 2.45) is 0 Å². The molecule has 3 heteroatoms. The van der Waals surface area contributed by atoms with Crippen LogP contribution in [0.4, 0.5) is 0 Å². The molecule has 1 heterocycles. The van der Waals surface area contributed by atoms with E-state index in [1.807, 2.05) is 0 Å². The lowest BCUT2D eigenvalue weighted by molar-refractivity contribution is 1.37. The molecule has 1 saturated heterocycles. The third-order valence-electron chi connectivity index (χ3n) is 4.50. The van der Waals surface area contributed by atoms with Crippen LogP contribution in [0, 0.1) is 0 Å². The Morgan fingerprint density at radius 3 is 1.42 bits per heavy atom. The molecule has 0 radical (unpaired) electrons. The van der Waals surface area contributed by atoms with E-state index >= 15 is 0 Å². The molecule has 0 aromatic heterocycles. The number of rotatable bonds is 2. The van der Waals surface area contributed by atoms with Crippen molar-refractivity contribution in [2.45, 2.75) is 25.2 Å². The predicted molar refractivity (Wildman–Crippen MR) is 88.1 cm³/mol. The van der Waals surface area contributed by atoms with E-state index < -0.39 is 16.5 Å². The summed E-state index contributed by atoms with van der Waals surface area (Å²) < 4.78 is 4.15. The van der Waals surface area contributed by atoms with Crippen molar-refractivity contribution in [3.63, 3.8) is 0 Å². The topological polar surface area (TPSA) is 12.0 Å². The molecule has 0 aliphatic carbocycles. The van der Waals surface area contributed by atoms with Crippen molar-refractivity contribution in [3.8, 4) is 0 Å². The molecular weight excluding hydrogens is 262 g/mol. The zero-order chi connectivity index (χ0) is 13.3. The molecule has 0 saturated carbocycles. The van der Waals surface area contributed by atoms with E-state index in [0.29, 0.717) is 0 Å². The zero-order valence-corrected chi connectivity index (χ0v) is 13.7. The Morgan fingerprint density at radius 1 is 0.684 bits per heavy atom. The Morgan fingerprint density at radius 2 is 1.05 bits per heavy atom. The summed E-state index contributed by atoms with van der Waals surface area (Å²) in [5, 5.41) is 3.12. The van der Waals surface area contributed by atoms with Crippen LogP contribution in [0.1, 0.15) is 0 Å². The summed E-state index contributed by atoms with van der Waals surface area (Å²) in [5.41, 5.74) is 0. The van der Waals surface area contributed by atoms with Gasteiger partial charge in [-0.1, -0.05) is 73.8 Å². The smallest absolute Gasteiger partial charge is 0.148 e. The Kier molecular flexibility index (Phi) is 3.21. The second-order valence-electron chi connectivity index (χ2n) is 6.02. The maximum atomic E-state index is 4.15. The maximum Gasteiger partial charge on any atom is 0.148 e. The predicted octanol–water partition coefficient (Wildman–Crippen LogP) is 2.55. The third kappa shape index (κ3) is 2.33. The molecule has 1 N–H and O–H groups in total. The molecule has 1 fully saturated rings. The first-order valence-electron chi connectivity index (χ1n) is 7.03. The first-order chi connectivity index (χ1) is 9.12. The van der Waals surface area contributed by atoms with Gasteiger partial charge < -0.3 is 4.65 Å². The van der Waals surface area contributed by atoms with Crippen LogP contribution in [0.15, 0.2) is 60.7 Å². The highest BCUT2D eigenvalue weighted by molar-refractivity contribution is 7.07. The molecule has 0 bridgehead atoms. The van der Waals surface area contributed by atoms with Crippen molar-refractivity contribution >= 4 is 26.8 Å². The summed E-state index contributed by atoms with van der Waals surface area (Å²) in [6.45, 7) is 4.98. The van der Waals surface area contributed by atoms with Crippen LogP contribution in [0.5, 0.6) is 0 Å². The summed E-state index contributed by atoms with van der Waals surface area (Å²) in [6, 6.07) is 24.9. The number of nitrogens with one attached hydrogen (secondary N) is 1. The SMILES string of the molecule is C[Si]1(c2ccccc2)CC[Si](C)(c2ccccc2)N1. The van der Waals surface area contributed by atoms with Gasteiger partial charge in [-0.05, 0) is 22.5 Å². The van der Waals surface area contributed by atoms with Gasteiger partial charge in [0.2, 0.25) is 0 Å². The van der Waals surface area contributed by atoms with Gasteiger partial charge in [0.25, 0.3) is 0 Å². The van der Waals surface area contributed by atoms with Gasteiger partial charge in [-0.2, -0.15) is 0 Å². The minimum Gasteiger partial charge on any atom is -0.352 e. The van der Waals surface area contributed by atoms with Gasteiger partial charge in [0.1, 0.15) is 16.5 Å². The van der Waals surface area contributed by atoms with Gasteiger partial charge in [0, 0.05) is 0 Å². The summed E-state index contributed by atoms with van der Waals surface area (Å²) >= 11 is 0. The van der Waals surface area contributed by atoms with Crippen LogP contribution in [0.2, 0.25) is 25.2 Å². The number of hydrogen-bond acceptors (Lipinski definition) is 1. The molecule has 0 spiro atoms. The molecule has 2 aromatic rings. The van der Waals surface area contributed by atoms with E-state index in [2.05, 4.69) is 78.4 Å².